The van der Waals surface area contributed by atoms with E-state index in [0.29, 0.717) is 17.1 Å². The number of hydrogen-bond acceptors (Lipinski definition) is 5. The Morgan fingerprint density at radius 2 is 1.79 bits per heavy atom. The first kappa shape index (κ1) is 18.0. The molecule has 0 heterocycles. The zero-order chi connectivity index (χ0) is 17.6. The van der Waals surface area contributed by atoms with E-state index >= 15 is 0 Å². The van der Waals surface area contributed by atoms with Gasteiger partial charge in [-0.15, -0.1) is 0 Å². The fraction of sp³-hybridized carbons (Fsp3) is 0.235. The predicted molar refractivity (Wildman–Crippen MR) is 92.4 cm³/mol. The summed E-state index contributed by atoms with van der Waals surface area (Å²) in [6.07, 6.45) is 0. The molecule has 1 unspecified atom stereocenters. The van der Waals surface area contributed by atoms with Gasteiger partial charge in [0.1, 0.15) is 11.5 Å². The highest BCUT2D eigenvalue weighted by molar-refractivity contribution is 7.90. The van der Waals surface area contributed by atoms with E-state index in [0.717, 1.165) is 0 Å². The summed E-state index contributed by atoms with van der Waals surface area (Å²) < 4.78 is 31.1. The molecular formula is C17H20N2O4S. The van der Waals surface area contributed by atoms with Crippen LogP contribution in [-0.4, -0.2) is 26.6 Å². The first-order valence-corrected chi connectivity index (χ1v) is 9.14. The summed E-state index contributed by atoms with van der Waals surface area (Å²) in [7, 11) is -3.70. The maximum Gasteiger partial charge on any atom is 0.240 e. The molecule has 0 aliphatic heterocycles. The molecule has 128 valence electrons. The van der Waals surface area contributed by atoms with E-state index in [1.165, 1.54) is 0 Å². The number of ether oxygens (including phenoxy) is 1. The molecule has 0 bridgehead atoms. The molecule has 0 aliphatic carbocycles. The molecule has 0 fully saturated rings. The number of sulfonamides is 1. The number of hydrogen-bond donors (Lipinski definition) is 2. The fourth-order valence-electron chi connectivity index (χ4n) is 2.07. The molecule has 0 saturated carbocycles. The molecule has 1 atom stereocenters. The molecule has 0 aromatic heterocycles. The Bertz CT molecular complexity index is 791. The van der Waals surface area contributed by atoms with Gasteiger partial charge in [0.05, 0.1) is 11.7 Å². The van der Waals surface area contributed by atoms with Crippen LogP contribution in [0.15, 0.2) is 54.6 Å². The summed E-state index contributed by atoms with van der Waals surface area (Å²) in [4.78, 5) is 12.1. The molecule has 2 aromatic rings. The lowest BCUT2D eigenvalue weighted by molar-refractivity contribution is -0.120. The van der Waals surface area contributed by atoms with Gasteiger partial charge in [-0.2, -0.15) is 0 Å². The minimum absolute atomic E-state index is 0.0443. The Hall–Kier alpha value is -2.38. The van der Waals surface area contributed by atoms with Gasteiger partial charge in [0, 0.05) is 6.54 Å². The SMILES string of the molecule is CC(C(=O)NS(=O)(=O)CCN)c1cccc(Oc2ccccc2)c1. The third-order valence-electron chi connectivity index (χ3n) is 3.37. The zero-order valence-corrected chi connectivity index (χ0v) is 14.1. The van der Waals surface area contributed by atoms with E-state index < -0.39 is 21.8 Å². The van der Waals surface area contributed by atoms with Gasteiger partial charge in [0.2, 0.25) is 15.9 Å². The molecular weight excluding hydrogens is 328 g/mol. The van der Waals surface area contributed by atoms with E-state index in [2.05, 4.69) is 0 Å². The van der Waals surface area contributed by atoms with E-state index in [9.17, 15) is 13.2 Å². The van der Waals surface area contributed by atoms with Crippen LogP contribution in [0.3, 0.4) is 0 Å². The van der Waals surface area contributed by atoms with Crippen molar-refractivity contribution in [3.8, 4) is 11.5 Å². The van der Waals surface area contributed by atoms with Crippen LogP contribution in [0.2, 0.25) is 0 Å². The van der Waals surface area contributed by atoms with Crippen LogP contribution in [0, 0.1) is 0 Å². The summed E-state index contributed by atoms with van der Waals surface area (Å²) in [6.45, 7) is 1.59. The first-order valence-electron chi connectivity index (χ1n) is 7.48. The Morgan fingerprint density at radius 1 is 1.12 bits per heavy atom. The molecule has 7 heteroatoms. The third kappa shape index (κ3) is 5.07. The van der Waals surface area contributed by atoms with Crippen LogP contribution >= 0.6 is 0 Å². The molecule has 0 radical (unpaired) electrons. The van der Waals surface area contributed by atoms with Gasteiger partial charge in [-0.1, -0.05) is 30.3 Å². The molecule has 0 saturated heterocycles. The van der Waals surface area contributed by atoms with Crippen molar-refractivity contribution in [2.75, 3.05) is 12.3 Å². The number of amides is 1. The van der Waals surface area contributed by atoms with Crippen LogP contribution in [0.4, 0.5) is 0 Å². The van der Waals surface area contributed by atoms with Gasteiger partial charge in [0.15, 0.2) is 0 Å². The highest BCUT2D eigenvalue weighted by Crippen LogP contribution is 2.25. The van der Waals surface area contributed by atoms with Crippen molar-refractivity contribution in [2.24, 2.45) is 5.73 Å². The summed E-state index contributed by atoms with van der Waals surface area (Å²) in [5.74, 6) is -0.277. The van der Waals surface area contributed by atoms with E-state index in [1.807, 2.05) is 35.1 Å². The van der Waals surface area contributed by atoms with Crippen LogP contribution in [0.5, 0.6) is 11.5 Å². The van der Waals surface area contributed by atoms with Gasteiger partial charge < -0.3 is 10.5 Å². The quantitative estimate of drug-likeness (QED) is 0.797. The van der Waals surface area contributed by atoms with Crippen molar-refractivity contribution in [1.29, 1.82) is 0 Å². The molecule has 2 rings (SSSR count). The first-order chi connectivity index (χ1) is 11.4. The number of carbonyl (C=O) groups is 1. The fourth-order valence-corrected chi connectivity index (χ4v) is 2.97. The van der Waals surface area contributed by atoms with Gasteiger partial charge in [-0.25, -0.2) is 8.42 Å². The second kappa shape index (κ2) is 7.94. The van der Waals surface area contributed by atoms with Crippen LogP contribution in [0.1, 0.15) is 18.4 Å². The predicted octanol–water partition coefficient (Wildman–Crippen LogP) is 1.99. The number of carbonyl (C=O) groups excluding carboxylic acids is 1. The van der Waals surface area contributed by atoms with Crippen molar-refractivity contribution in [3.05, 3.63) is 60.2 Å². The topological polar surface area (TPSA) is 98.5 Å². The van der Waals surface area contributed by atoms with E-state index in [4.69, 9.17) is 10.5 Å². The van der Waals surface area contributed by atoms with Crippen LogP contribution in [0.25, 0.3) is 0 Å². The Labute approximate surface area is 141 Å². The smallest absolute Gasteiger partial charge is 0.240 e. The van der Waals surface area contributed by atoms with Crippen molar-refractivity contribution in [2.45, 2.75) is 12.8 Å². The average Bonchev–Trinajstić information content (AvgIpc) is 2.54. The number of rotatable bonds is 7. The van der Waals surface area contributed by atoms with Crippen molar-refractivity contribution in [3.63, 3.8) is 0 Å². The highest BCUT2D eigenvalue weighted by atomic mass is 32.2. The molecule has 0 spiro atoms. The molecule has 1 amide bonds. The molecule has 3 N–H and O–H groups in total. The number of benzene rings is 2. The molecule has 2 aromatic carbocycles. The number of nitrogens with one attached hydrogen (secondary N) is 1. The molecule has 24 heavy (non-hydrogen) atoms. The van der Waals surface area contributed by atoms with Gasteiger partial charge in [-0.3, -0.25) is 9.52 Å². The zero-order valence-electron chi connectivity index (χ0n) is 13.3. The number of nitrogens with two attached hydrogens (primary N) is 1. The highest BCUT2D eigenvalue weighted by Gasteiger charge is 2.21. The van der Waals surface area contributed by atoms with Gasteiger partial charge in [-0.05, 0) is 36.8 Å². The second-order valence-corrected chi connectivity index (χ2v) is 7.13. The summed E-state index contributed by atoms with van der Waals surface area (Å²) in [6, 6.07) is 16.2. The lowest BCUT2D eigenvalue weighted by Gasteiger charge is -2.14. The van der Waals surface area contributed by atoms with Crippen molar-refractivity contribution < 1.29 is 17.9 Å². The molecule has 6 nitrogen and oxygen atoms in total. The Balaban J connectivity index is 2.11. The van der Waals surface area contributed by atoms with E-state index in [-0.39, 0.29) is 12.3 Å². The summed E-state index contributed by atoms with van der Waals surface area (Å²) in [5, 5.41) is 0. The number of para-hydroxylation sites is 1. The third-order valence-corrected chi connectivity index (χ3v) is 4.66. The Morgan fingerprint density at radius 3 is 2.46 bits per heavy atom. The maximum atomic E-state index is 12.1. The van der Waals surface area contributed by atoms with Crippen LogP contribution < -0.4 is 15.2 Å². The van der Waals surface area contributed by atoms with Crippen molar-refractivity contribution in [1.82, 2.24) is 4.72 Å². The van der Waals surface area contributed by atoms with Gasteiger partial charge in [0.25, 0.3) is 0 Å². The standard InChI is InChI=1S/C17H20N2O4S/c1-13(17(20)19-24(21,22)11-10-18)14-6-5-9-16(12-14)23-15-7-3-2-4-8-15/h2-9,12-13H,10-11,18H2,1H3,(H,19,20). The maximum absolute atomic E-state index is 12.1. The lowest BCUT2D eigenvalue weighted by Crippen LogP contribution is -2.37. The van der Waals surface area contributed by atoms with Gasteiger partial charge >= 0.3 is 0 Å². The summed E-state index contributed by atoms with van der Waals surface area (Å²) in [5.41, 5.74) is 5.88. The average molecular weight is 348 g/mol. The monoisotopic (exact) mass is 348 g/mol. The minimum atomic E-state index is -3.70. The van der Waals surface area contributed by atoms with Crippen LogP contribution in [-0.2, 0) is 14.8 Å². The summed E-state index contributed by atoms with van der Waals surface area (Å²) >= 11 is 0. The normalized spacial score (nSPS) is 12.4. The largest absolute Gasteiger partial charge is 0.457 e. The van der Waals surface area contributed by atoms with Crippen molar-refractivity contribution >= 4 is 15.9 Å². The Kier molecular flexibility index (Phi) is 5.94. The van der Waals surface area contributed by atoms with E-state index in [1.54, 1.807) is 31.2 Å². The lowest BCUT2D eigenvalue weighted by atomic mass is 10.0. The second-order valence-electron chi connectivity index (χ2n) is 5.28. The molecule has 0 aliphatic rings. The minimum Gasteiger partial charge on any atom is -0.457 e.